The second-order valence-corrected chi connectivity index (χ2v) is 3.63. The summed E-state index contributed by atoms with van der Waals surface area (Å²) in [6, 6.07) is 5.67. The number of hydrogen-bond acceptors (Lipinski definition) is 4. The van der Waals surface area contributed by atoms with E-state index in [1.54, 1.807) is 13.3 Å². The SMILES string of the molecule is COc1cccc(NCCCc2ncc[nH]2)n1. The number of rotatable bonds is 6. The molecule has 2 aromatic rings. The molecule has 0 atom stereocenters. The van der Waals surface area contributed by atoms with E-state index >= 15 is 0 Å². The van der Waals surface area contributed by atoms with Crippen molar-refractivity contribution in [3.8, 4) is 5.88 Å². The lowest BCUT2D eigenvalue weighted by molar-refractivity contribution is 0.398. The minimum absolute atomic E-state index is 0.626. The summed E-state index contributed by atoms with van der Waals surface area (Å²) in [6.45, 7) is 0.862. The summed E-state index contributed by atoms with van der Waals surface area (Å²) in [4.78, 5) is 11.5. The molecular weight excluding hydrogens is 216 g/mol. The number of anilines is 1. The van der Waals surface area contributed by atoms with E-state index in [0.29, 0.717) is 5.88 Å². The minimum Gasteiger partial charge on any atom is -0.481 e. The molecule has 0 unspecified atom stereocenters. The van der Waals surface area contributed by atoms with Crippen molar-refractivity contribution in [3.63, 3.8) is 0 Å². The first-order valence-electron chi connectivity index (χ1n) is 5.61. The molecule has 0 saturated carbocycles. The molecule has 0 aromatic carbocycles. The minimum atomic E-state index is 0.626. The molecule has 0 spiro atoms. The van der Waals surface area contributed by atoms with Gasteiger partial charge in [0, 0.05) is 31.4 Å². The molecule has 17 heavy (non-hydrogen) atoms. The molecule has 0 fully saturated rings. The number of H-pyrrole nitrogens is 1. The first kappa shape index (κ1) is 11.4. The fourth-order valence-electron chi connectivity index (χ4n) is 1.53. The lowest BCUT2D eigenvalue weighted by Crippen LogP contribution is -2.05. The highest BCUT2D eigenvalue weighted by Gasteiger charge is 1.97. The summed E-state index contributed by atoms with van der Waals surface area (Å²) in [5.74, 6) is 2.48. The highest BCUT2D eigenvalue weighted by Crippen LogP contribution is 2.10. The van der Waals surface area contributed by atoms with E-state index < -0.39 is 0 Å². The van der Waals surface area contributed by atoms with E-state index in [2.05, 4.69) is 20.3 Å². The summed E-state index contributed by atoms with van der Waals surface area (Å²) >= 11 is 0. The average molecular weight is 232 g/mol. The predicted molar refractivity (Wildman–Crippen MR) is 66.2 cm³/mol. The van der Waals surface area contributed by atoms with Crippen molar-refractivity contribution in [2.45, 2.75) is 12.8 Å². The lowest BCUT2D eigenvalue weighted by Gasteiger charge is -2.06. The Hall–Kier alpha value is -2.04. The van der Waals surface area contributed by atoms with Gasteiger partial charge in [0.25, 0.3) is 0 Å². The van der Waals surface area contributed by atoms with Gasteiger partial charge in [0.2, 0.25) is 5.88 Å². The van der Waals surface area contributed by atoms with Crippen LogP contribution >= 0.6 is 0 Å². The van der Waals surface area contributed by atoms with Gasteiger partial charge in [-0.15, -0.1) is 0 Å². The van der Waals surface area contributed by atoms with Crippen LogP contribution in [-0.4, -0.2) is 28.6 Å². The van der Waals surface area contributed by atoms with Gasteiger partial charge >= 0.3 is 0 Å². The molecule has 0 aliphatic rings. The Bertz CT molecular complexity index is 442. The molecule has 90 valence electrons. The van der Waals surface area contributed by atoms with Gasteiger partial charge in [-0.3, -0.25) is 0 Å². The van der Waals surface area contributed by atoms with Crippen LogP contribution in [0.25, 0.3) is 0 Å². The van der Waals surface area contributed by atoms with Gasteiger partial charge in [-0.2, -0.15) is 4.98 Å². The normalized spacial score (nSPS) is 10.2. The van der Waals surface area contributed by atoms with Crippen LogP contribution in [0.4, 0.5) is 5.82 Å². The van der Waals surface area contributed by atoms with Crippen molar-refractivity contribution in [2.75, 3.05) is 19.0 Å². The maximum absolute atomic E-state index is 5.05. The second-order valence-electron chi connectivity index (χ2n) is 3.63. The number of ether oxygens (including phenoxy) is 1. The predicted octanol–water partition coefficient (Wildman–Crippen LogP) is 1.86. The quantitative estimate of drug-likeness (QED) is 0.746. The first-order valence-corrected chi connectivity index (χ1v) is 5.61. The van der Waals surface area contributed by atoms with E-state index in [1.165, 1.54) is 0 Å². The number of hydrogen-bond donors (Lipinski definition) is 2. The largest absolute Gasteiger partial charge is 0.481 e. The number of nitrogens with one attached hydrogen (secondary N) is 2. The maximum Gasteiger partial charge on any atom is 0.214 e. The van der Waals surface area contributed by atoms with Gasteiger partial charge in [-0.1, -0.05) is 6.07 Å². The highest BCUT2D eigenvalue weighted by molar-refractivity contribution is 5.36. The van der Waals surface area contributed by atoms with Gasteiger partial charge < -0.3 is 15.0 Å². The van der Waals surface area contributed by atoms with Crippen LogP contribution in [0.5, 0.6) is 5.88 Å². The number of aryl methyl sites for hydroxylation is 1. The maximum atomic E-state index is 5.05. The molecule has 0 radical (unpaired) electrons. The molecule has 5 heteroatoms. The Morgan fingerprint density at radius 1 is 1.41 bits per heavy atom. The monoisotopic (exact) mass is 232 g/mol. The molecule has 2 aromatic heterocycles. The molecule has 2 heterocycles. The Morgan fingerprint density at radius 3 is 3.12 bits per heavy atom. The lowest BCUT2D eigenvalue weighted by atomic mass is 10.3. The molecule has 0 aliphatic carbocycles. The zero-order valence-corrected chi connectivity index (χ0v) is 9.81. The summed E-state index contributed by atoms with van der Waals surface area (Å²) in [6.07, 6.45) is 5.55. The zero-order chi connectivity index (χ0) is 11.9. The Labute approximate surface area is 100 Å². The van der Waals surface area contributed by atoms with Crippen LogP contribution < -0.4 is 10.1 Å². The van der Waals surface area contributed by atoms with Crippen molar-refractivity contribution in [3.05, 3.63) is 36.4 Å². The Balaban J connectivity index is 1.74. The van der Waals surface area contributed by atoms with Gasteiger partial charge in [0.1, 0.15) is 11.6 Å². The Kier molecular flexibility index (Phi) is 3.96. The van der Waals surface area contributed by atoms with Gasteiger partial charge in [0.05, 0.1) is 7.11 Å². The van der Waals surface area contributed by atoms with Crippen LogP contribution in [0.3, 0.4) is 0 Å². The standard InChI is InChI=1S/C12H16N4O/c1-17-12-6-2-4-11(16-12)13-7-3-5-10-14-8-9-15-10/h2,4,6,8-9H,3,5,7H2,1H3,(H,13,16)(H,14,15). The third kappa shape index (κ3) is 3.48. The summed E-state index contributed by atoms with van der Waals surface area (Å²) < 4.78 is 5.05. The molecule has 5 nitrogen and oxygen atoms in total. The Morgan fingerprint density at radius 2 is 2.35 bits per heavy atom. The fourth-order valence-corrected chi connectivity index (χ4v) is 1.53. The molecular formula is C12H16N4O. The summed E-state index contributed by atoms with van der Waals surface area (Å²) in [5, 5.41) is 3.25. The van der Waals surface area contributed by atoms with Crippen molar-refractivity contribution < 1.29 is 4.74 Å². The van der Waals surface area contributed by atoms with Crippen molar-refractivity contribution in [2.24, 2.45) is 0 Å². The summed E-state index contributed by atoms with van der Waals surface area (Å²) in [5.41, 5.74) is 0. The first-order chi connectivity index (χ1) is 8.38. The van der Waals surface area contributed by atoms with Gasteiger partial charge in [-0.25, -0.2) is 4.98 Å². The van der Waals surface area contributed by atoms with E-state index in [1.807, 2.05) is 24.4 Å². The van der Waals surface area contributed by atoms with Crippen LogP contribution in [0.15, 0.2) is 30.6 Å². The van der Waals surface area contributed by atoms with Crippen LogP contribution in [0.2, 0.25) is 0 Å². The zero-order valence-electron chi connectivity index (χ0n) is 9.81. The number of methoxy groups -OCH3 is 1. The molecule has 0 saturated heterocycles. The average Bonchev–Trinajstić information content (AvgIpc) is 2.88. The second kappa shape index (κ2) is 5.89. The van der Waals surface area contributed by atoms with E-state index in [0.717, 1.165) is 31.0 Å². The third-order valence-electron chi connectivity index (χ3n) is 2.38. The van der Waals surface area contributed by atoms with Gasteiger partial charge in [-0.05, 0) is 12.5 Å². The van der Waals surface area contributed by atoms with Crippen LogP contribution in [-0.2, 0) is 6.42 Å². The van der Waals surface area contributed by atoms with Crippen molar-refractivity contribution >= 4 is 5.82 Å². The molecule has 0 aliphatic heterocycles. The fraction of sp³-hybridized carbons (Fsp3) is 0.333. The molecule has 0 bridgehead atoms. The summed E-state index contributed by atoms with van der Waals surface area (Å²) in [7, 11) is 1.61. The highest BCUT2D eigenvalue weighted by atomic mass is 16.5. The van der Waals surface area contributed by atoms with E-state index in [-0.39, 0.29) is 0 Å². The topological polar surface area (TPSA) is 62.8 Å². The van der Waals surface area contributed by atoms with Crippen LogP contribution in [0.1, 0.15) is 12.2 Å². The van der Waals surface area contributed by atoms with E-state index in [9.17, 15) is 0 Å². The number of aromatic amines is 1. The number of pyridine rings is 1. The van der Waals surface area contributed by atoms with Crippen molar-refractivity contribution in [1.82, 2.24) is 15.0 Å². The number of nitrogens with zero attached hydrogens (tertiary/aromatic N) is 2. The van der Waals surface area contributed by atoms with Gasteiger partial charge in [0.15, 0.2) is 0 Å². The van der Waals surface area contributed by atoms with E-state index in [4.69, 9.17) is 4.74 Å². The molecule has 2 rings (SSSR count). The number of imidazole rings is 1. The third-order valence-corrected chi connectivity index (χ3v) is 2.38. The van der Waals surface area contributed by atoms with Crippen molar-refractivity contribution in [1.29, 1.82) is 0 Å². The van der Waals surface area contributed by atoms with Crippen LogP contribution in [0, 0.1) is 0 Å². The molecule has 2 N–H and O–H groups in total. The smallest absolute Gasteiger partial charge is 0.214 e. The number of aromatic nitrogens is 3. The molecule has 0 amide bonds.